The van der Waals surface area contributed by atoms with Gasteiger partial charge in [0.2, 0.25) is 0 Å². The summed E-state index contributed by atoms with van der Waals surface area (Å²) >= 11 is 1.61. The molecule has 1 saturated heterocycles. The number of thioether (sulfide) groups is 1. The van der Waals surface area contributed by atoms with Gasteiger partial charge in [-0.3, -0.25) is 0 Å². The van der Waals surface area contributed by atoms with Gasteiger partial charge in [0, 0.05) is 5.39 Å². The molecule has 6 heteroatoms. The molecule has 0 N–H and O–H groups in total. The topological polar surface area (TPSA) is 61.3 Å². The predicted molar refractivity (Wildman–Crippen MR) is 76.0 cm³/mol. The third kappa shape index (κ3) is 2.48. The lowest BCUT2D eigenvalue weighted by Crippen LogP contribution is -2.30. The number of esters is 1. The molecule has 1 aromatic carbocycles. The van der Waals surface area contributed by atoms with Crippen LogP contribution in [0.25, 0.3) is 10.9 Å². The molecule has 0 aliphatic carbocycles. The molecule has 0 radical (unpaired) electrons. The first-order chi connectivity index (χ1) is 9.79. The number of carbonyl (C=O) groups excluding carboxylic acids is 1. The van der Waals surface area contributed by atoms with Gasteiger partial charge >= 0.3 is 5.97 Å². The van der Waals surface area contributed by atoms with Crippen LogP contribution < -0.4 is 0 Å². The number of aromatic nitrogens is 2. The van der Waals surface area contributed by atoms with E-state index in [1.54, 1.807) is 18.7 Å². The van der Waals surface area contributed by atoms with E-state index >= 15 is 0 Å². The van der Waals surface area contributed by atoms with E-state index in [9.17, 15) is 4.79 Å². The van der Waals surface area contributed by atoms with E-state index in [4.69, 9.17) is 9.47 Å². The Morgan fingerprint density at radius 3 is 2.90 bits per heavy atom. The molecule has 0 bridgehead atoms. The first-order valence-electron chi connectivity index (χ1n) is 6.46. The number of ether oxygens (including phenoxy) is 2. The SMILES string of the molecule is CCOC(=O)c1nnc2ccccc2c1SC1COC1. The summed E-state index contributed by atoms with van der Waals surface area (Å²) in [5.74, 6) is -0.423. The largest absolute Gasteiger partial charge is 0.461 e. The van der Waals surface area contributed by atoms with E-state index in [1.807, 2.05) is 24.3 Å². The van der Waals surface area contributed by atoms with E-state index < -0.39 is 5.97 Å². The Morgan fingerprint density at radius 1 is 1.40 bits per heavy atom. The lowest BCUT2D eigenvalue weighted by atomic mass is 10.2. The Balaban J connectivity index is 2.07. The number of hydrogen-bond donors (Lipinski definition) is 0. The quantitative estimate of drug-likeness (QED) is 0.805. The van der Waals surface area contributed by atoms with Crippen LogP contribution in [-0.2, 0) is 9.47 Å². The highest BCUT2D eigenvalue weighted by atomic mass is 32.2. The Bertz CT molecular complexity index is 643. The van der Waals surface area contributed by atoms with Crippen molar-refractivity contribution in [3.63, 3.8) is 0 Å². The molecule has 1 fully saturated rings. The molecule has 2 aromatic rings. The van der Waals surface area contributed by atoms with Gasteiger partial charge in [-0.25, -0.2) is 4.79 Å². The van der Waals surface area contributed by atoms with Gasteiger partial charge in [0.15, 0.2) is 5.69 Å². The molecule has 0 spiro atoms. The maximum atomic E-state index is 12.0. The molecule has 3 rings (SSSR count). The van der Waals surface area contributed by atoms with Crippen LogP contribution in [0.5, 0.6) is 0 Å². The van der Waals surface area contributed by atoms with Gasteiger partial charge in [0.25, 0.3) is 0 Å². The standard InChI is InChI=1S/C14H14N2O3S/c1-2-19-14(17)12-13(20-9-7-18-8-9)10-5-3-4-6-11(10)15-16-12/h3-6,9H,2,7-8H2,1H3. The number of rotatable bonds is 4. The number of hydrogen-bond acceptors (Lipinski definition) is 6. The van der Waals surface area contributed by atoms with Crippen molar-refractivity contribution in [1.82, 2.24) is 10.2 Å². The molecule has 2 heterocycles. The molecule has 1 aromatic heterocycles. The van der Waals surface area contributed by atoms with Gasteiger partial charge in [0.05, 0.1) is 35.5 Å². The maximum absolute atomic E-state index is 12.0. The summed E-state index contributed by atoms with van der Waals surface area (Å²) in [6, 6.07) is 7.68. The molecule has 20 heavy (non-hydrogen) atoms. The Kier molecular flexibility index (Phi) is 3.84. The van der Waals surface area contributed by atoms with Crippen LogP contribution in [-0.4, -0.2) is 41.2 Å². The van der Waals surface area contributed by atoms with E-state index in [0.29, 0.717) is 30.8 Å². The zero-order chi connectivity index (χ0) is 13.9. The second kappa shape index (κ2) is 5.76. The molecule has 104 valence electrons. The van der Waals surface area contributed by atoms with E-state index in [1.165, 1.54) is 0 Å². The van der Waals surface area contributed by atoms with Crippen molar-refractivity contribution in [3.8, 4) is 0 Å². The third-order valence-electron chi connectivity index (χ3n) is 2.98. The first kappa shape index (κ1) is 13.3. The Morgan fingerprint density at radius 2 is 2.20 bits per heavy atom. The van der Waals surface area contributed by atoms with Crippen LogP contribution in [0.2, 0.25) is 0 Å². The fourth-order valence-corrected chi connectivity index (χ4v) is 3.13. The fourth-order valence-electron chi connectivity index (χ4n) is 1.93. The third-order valence-corrected chi connectivity index (χ3v) is 4.24. The van der Waals surface area contributed by atoms with Crippen LogP contribution in [0.1, 0.15) is 17.4 Å². The lowest BCUT2D eigenvalue weighted by molar-refractivity contribution is 0.0452. The van der Waals surface area contributed by atoms with E-state index in [-0.39, 0.29) is 0 Å². The van der Waals surface area contributed by atoms with Crippen LogP contribution >= 0.6 is 11.8 Å². The molecule has 0 unspecified atom stereocenters. The minimum absolute atomic E-state index is 0.294. The van der Waals surface area contributed by atoms with Gasteiger partial charge in [-0.1, -0.05) is 18.2 Å². The van der Waals surface area contributed by atoms with Crippen molar-refractivity contribution < 1.29 is 14.3 Å². The van der Waals surface area contributed by atoms with Crippen molar-refractivity contribution in [1.29, 1.82) is 0 Å². The summed E-state index contributed by atoms with van der Waals surface area (Å²) in [4.78, 5) is 12.9. The van der Waals surface area contributed by atoms with Crippen molar-refractivity contribution in [2.45, 2.75) is 17.1 Å². The highest BCUT2D eigenvalue weighted by Crippen LogP contribution is 2.35. The van der Waals surface area contributed by atoms with Crippen molar-refractivity contribution in [2.75, 3.05) is 19.8 Å². The van der Waals surface area contributed by atoms with Crippen molar-refractivity contribution >= 4 is 28.6 Å². The maximum Gasteiger partial charge on any atom is 0.360 e. The van der Waals surface area contributed by atoms with E-state index in [0.717, 1.165) is 15.8 Å². The average Bonchev–Trinajstić information content (AvgIpc) is 2.42. The predicted octanol–water partition coefficient (Wildman–Crippen LogP) is 2.30. The average molecular weight is 290 g/mol. The summed E-state index contributed by atoms with van der Waals surface area (Å²) in [5, 5.41) is 9.44. The highest BCUT2D eigenvalue weighted by molar-refractivity contribution is 8.00. The molecule has 1 aliphatic rings. The molecular weight excluding hydrogens is 276 g/mol. The first-order valence-corrected chi connectivity index (χ1v) is 7.34. The molecule has 0 amide bonds. The molecule has 0 atom stereocenters. The summed E-state index contributed by atoms with van der Waals surface area (Å²) in [6.07, 6.45) is 0. The zero-order valence-electron chi connectivity index (χ0n) is 11.0. The van der Waals surface area contributed by atoms with E-state index in [2.05, 4.69) is 10.2 Å². The second-order valence-electron chi connectivity index (χ2n) is 4.39. The molecular formula is C14H14N2O3S. The number of fused-ring (bicyclic) bond motifs is 1. The second-order valence-corrected chi connectivity index (χ2v) is 5.70. The van der Waals surface area contributed by atoms with Gasteiger partial charge in [0.1, 0.15) is 0 Å². The van der Waals surface area contributed by atoms with Crippen LogP contribution in [0.15, 0.2) is 29.2 Å². The summed E-state index contributed by atoms with van der Waals surface area (Å²) in [5.41, 5.74) is 1.07. The summed E-state index contributed by atoms with van der Waals surface area (Å²) in [7, 11) is 0. The van der Waals surface area contributed by atoms with Gasteiger partial charge < -0.3 is 9.47 Å². The van der Waals surface area contributed by atoms with Crippen molar-refractivity contribution in [3.05, 3.63) is 30.0 Å². The lowest BCUT2D eigenvalue weighted by Gasteiger charge is -2.26. The molecule has 1 aliphatic heterocycles. The monoisotopic (exact) mass is 290 g/mol. The number of nitrogens with zero attached hydrogens (tertiary/aromatic N) is 2. The van der Waals surface area contributed by atoms with Gasteiger partial charge in [-0.2, -0.15) is 0 Å². The normalized spacial score (nSPS) is 15.1. The minimum Gasteiger partial charge on any atom is -0.461 e. The van der Waals surface area contributed by atoms with Crippen LogP contribution in [0.3, 0.4) is 0 Å². The van der Waals surface area contributed by atoms with Gasteiger partial charge in [-0.05, 0) is 13.0 Å². The minimum atomic E-state index is -0.423. The summed E-state index contributed by atoms with van der Waals surface area (Å²) in [6.45, 7) is 3.50. The zero-order valence-corrected chi connectivity index (χ0v) is 11.9. The van der Waals surface area contributed by atoms with Crippen LogP contribution in [0.4, 0.5) is 0 Å². The fraction of sp³-hybridized carbons (Fsp3) is 0.357. The molecule has 5 nitrogen and oxygen atoms in total. The smallest absolute Gasteiger partial charge is 0.360 e. The van der Waals surface area contributed by atoms with Gasteiger partial charge in [-0.15, -0.1) is 22.0 Å². The molecule has 0 saturated carbocycles. The van der Waals surface area contributed by atoms with Crippen molar-refractivity contribution in [2.24, 2.45) is 0 Å². The Hall–Kier alpha value is -1.66. The number of benzene rings is 1. The summed E-state index contributed by atoms with van der Waals surface area (Å²) < 4.78 is 10.3. The number of carbonyl (C=O) groups is 1. The Labute approximate surface area is 120 Å². The highest BCUT2D eigenvalue weighted by Gasteiger charge is 2.26. The van der Waals surface area contributed by atoms with Crippen LogP contribution in [0, 0.1) is 0 Å².